The molecule has 0 radical (unpaired) electrons. The molecule has 0 aliphatic carbocycles. The second kappa shape index (κ2) is 11.8. The fourth-order valence-electron chi connectivity index (χ4n) is 2.64. The van der Waals surface area contributed by atoms with Crippen LogP contribution in [0.3, 0.4) is 0 Å². The number of rotatable bonds is 8. The van der Waals surface area contributed by atoms with E-state index in [4.69, 9.17) is 9.47 Å². The van der Waals surface area contributed by atoms with Gasteiger partial charge in [-0.2, -0.15) is 5.10 Å². The summed E-state index contributed by atoms with van der Waals surface area (Å²) in [5.74, 6) is -1.90. The van der Waals surface area contributed by atoms with Gasteiger partial charge in [-0.25, -0.2) is 5.43 Å². The van der Waals surface area contributed by atoms with E-state index in [1.165, 1.54) is 34.1 Å². The number of anilines is 3. The highest BCUT2D eigenvalue weighted by Gasteiger charge is 2.17. The molecular weight excluding hydrogens is 430 g/mol. The van der Waals surface area contributed by atoms with Gasteiger partial charge in [0.25, 0.3) is 0 Å². The fourth-order valence-corrected chi connectivity index (χ4v) is 2.64. The lowest BCUT2D eigenvalue weighted by atomic mass is 10.2. The Morgan fingerprint density at radius 3 is 2.09 bits per heavy atom. The molecule has 4 N–H and O–H groups in total. The molecule has 0 aliphatic heterocycles. The molecule has 33 heavy (non-hydrogen) atoms. The highest BCUT2D eigenvalue weighted by Crippen LogP contribution is 2.28. The zero-order valence-electron chi connectivity index (χ0n) is 18.6. The first-order valence-corrected chi connectivity index (χ1v) is 9.76. The number of hydrogen-bond acceptors (Lipinski definition) is 7. The third-order valence-electron chi connectivity index (χ3n) is 4.14. The van der Waals surface area contributed by atoms with Gasteiger partial charge < -0.3 is 25.4 Å². The number of para-hydroxylation sites is 2. The van der Waals surface area contributed by atoms with Gasteiger partial charge in [-0.1, -0.05) is 12.1 Å². The summed E-state index contributed by atoms with van der Waals surface area (Å²) in [5, 5.41) is 11.5. The highest BCUT2D eigenvalue weighted by molar-refractivity contribution is 6.39. The molecule has 0 saturated heterocycles. The van der Waals surface area contributed by atoms with Crippen LogP contribution >= 0.6 is 0 Å². The van der Waals surface area contributed by atoms with E-state index in [1.54, 1.807) is 36.4 Å². The first-order chi connectivity index (χ1) is 15.7. The molecule has 2 rings (SSSR count). The molecule has 174 valence electrons. The van der Waals surface area contributed by atoms with Gasteiger partial charge in [0.05, 0.1) is 37.7 Å². The fraction of sp³-hybridized carbons (Fsp3) is 0.227. The number of nitrogens with one attached hydrogen (secondary N) is 4. The van der Waals surface area contributed by atoms with E-state index in [0.717, 1.165) is 0 Å². The van der Waals surface area contributed by atoms with Gasteiger partial charge in [0.2, 0.25) is 11.8 Å². The monoisotopic (exact) mass is 455 g/mol. The van der Waals surface area contributed by atoms with Crippen molar-refractivity contribution in [2.24, 2.45) is 5.10 Å². The normalized spacial score (nSPS) is 10.6. The average Bonchev–Trinajstić information content (AvgIpc) is 2.78. The number of hydrazone groups is 1. The van der Waals surface area contributed by atoms with Crippen LogP contribution in [0.2, 0.25) is 0 Å². The lowest BCUT2D eigenvalue weighted by molar-refractivity contribution is -0.136. The Morgan fingerprint density at radius 1 is 0.818 bits per heavy atom. The standard InChI is InChI=1S/C22H25N5O6/c1-13(11-20(29)24-17-8-6-5-7-16(17)23-14(2)28)26-27-22(31)21(30)25-18-12-15(32-3)9-10-19(18)33-4/h5-10,12H,11H2,1-4H3,(H,23,28)(H,24,29)(H,25,30)(H,27,31)/b26-13+. The van der Waals surface area contributed by atoms with Gasteiger partial charge >= 0.3 is 11.8 Å². The van der Waals surface area contributed by atoms with E-state index < -0.39 is 17.7 Å². The summed E-state index contributed by atoms with van der Waals surface area (Å²) < 4.78 is 10.2. The van der Waals surface area contributed by atoms with E-state index in [-0.39, 0.29) is 23.7 Å². The summed E-state index contributed by atoms with van der Waals surface area (Å²) in [5.41, 5.74) is 3.47. The van der Waals surface area contributed by atoms with Crippen molar-refractivity contribution in [3.8, 4) is 11.5 Å². The Hall–Kier alpha value is -4.41. The Labute approximate surface area is 190 Å². The Kier molecular flexibility index (Phi) is 8.92. The lowest BCUT2D eigenvalue weighted by Gasteiger charge is -2.11. The smallest absolute Gasteiger partial charge is 0.329 e. The molecule has 0 saturated carbocycles. The Balaban J connectivity index is 1.94. The molecule has 0 spiro atoms. The predicted molar refractivity (Wildman–Crippen MR) is 123 cm³/mol. The van der Waals surface area contributed by atoms with Crippen LogP contribution < -0.4 is 30.8 Å². The summed E-state index contributed by atoms with van der Waals surface area (Å²) in [4.78, 5) is 47.8. The van der Waals surface area contributed by atoms with Gasteiger partial charge in [0, 0.05) is 18.7 Å². The number of ether oxygens (including phenoxy) is 2. The van der Waals surface area contributed by atoms with Gasteiger partial charge in [-0.3, -0.25) is 19.2 Å². The summed E-state index contributed by atoms with van der Waals surface area (Å²) in [6, 6.07) is 11.4. The second-order valence-corrected chi connectivity index (χ2v) is 6.76. The number of nitrogens with zero attached hydrogens (tertiary/aromatic N) is 1. The molecule has 0 heterocycles. The van der Waals surface area contributed by atoms with Gasteiger partial charge in [-0.05, 0) is 31.2 Å². The zero-order chi connectivity index (χ0) is 24.4. The van der Waals surface area contributed by atoms with Crippen LogP contribution in [-0.4, -0.2) is 43.6 Å². The maximum atomic E-state index is 12.3. The Morgan fingerprint density at radius 2 is 1.48 bits per heavy atom. The third-order valence-corrected chi connectivity index (χ3v) is 4.14. The molecule has 4 amide bonds. The molecule has 0 fully saturated rings. The SMILES string of the molecule is COc1ccc(OC)c(NC(=O)C(=O)N/N=C(\C)CC(=O)Nc2ccccc2NC(C)=O)c1. The molecular formula is C22H25N5O6. The van der Waals surface area contributed by atoms with Crippen LogP contribution in [0.1, 0.15) is 20.3 Å². The van der Waals surface area contributed by atoms with E-state index in [2.05, 4.69) is 26.5 Å². The van der Waals surface area contributed by atoms with E-state index in [0.29, 0.717) is 22.9 Å². The molecule has 0 aliphatic rings. The topological polar surface area (TPSA) is 147 Å². The van der Waals surface area contributed by atoms with Gasteiger partial charge in [0.1, 0.15) is 11.5 Å². The zero-order valence-corrected chi connectivity index (χ0v) is 18.6. The number of amides is 4. The Bertz CT molecular complexity index is 1080. The van der Waals surface area contributed by atoms with Crippen molar-refractivity contribution in [2.45, 2.75) is 20.3 Å². The van der Waals surface area contributed by atoms with Crippen LogP contribution in [-0.2, 0) is 19.2 Å². The number of methoxy groups -OCH3 is 2. The van der Waals surface area contributed by atoms with E-state index in [9.17, 15) is 19.2 Å². The number of hydrogen-bond donors (Lipinski definition) is 4. The van der Waals surface area contributed by atoms with Crippen molar-refractivity contribution in [1.82, 2.24) is 5.43 Å². The van der Waals surface area contributed by atoms with Crippen LogP contribution in [0.5, 0.6) is 11.5 Å². The minimum atomic E-state index is -1.03. The van der Waals surface area contributed by atoms with Gasteiger partial charge in [-0.15, -0.1) is 0 Å². The van der Waals surface area contributed by atoms with Crippen LogP contribution in [0.25, 0.3) is 0 Å². The first kappa shape index (κ1) is 24.9. The van der Waals surface area contributed by atoms with Crippen molar-refractivity contribution >= 4 is 46.4 Å². The summed E-state index contributed by atoms with van der Waals surface area (Å²) in [7, 11) is 2.89. The summed E-state index contributed by atoms with van der Waals surface area (Å²) >= 11 is 0. The van der Waals surface area contributed by atoms with Crippen molar-refractivity contribution in [1.29, 1.82) is 0 Å². The van der Waals surface area contributed by atoms with Crippen molar-refractivity contribution < 1.29 is 28.7 Å². The quantitative estimate of drug-likeness (QED) is 0.272. The molecule has 11 nitrogen and oxygen atoms in total. The number of carbonyl (C=O) groups is 4. The first-order valence-electron chi connectivity index (χ1n) is 9.76. The average molecular weight is 455 g/mol. The van der Waals surface area contributed by atoms with E-state index in [1.807, 2.05) is 0 Å². The minimum absolute atomic E-state index is 0.153. The van der Waals surface area contributed by atoms with Crippen molar-refractivity contribution in [3.63, 3.8) is 0 Å². The minimum Gasteiger partial charge on any atom is -0.497 e. The predicted octanol–water partition coefficient (Wildman–Crippen LogP) is 2.12. The molecule has 0 atom stereocenters. The van der Waals surface area contributed by atoms with Crippen LogP contribution in [0.15, 0.2) is 47.6 Å². The number of benzene rings is 2. The molecule has 2 aromatic carbocycles. The molecule has 0 unspecified atom stereocenters. The van der Waals surface area contributed by atoms with Crippen LogP contribution in [0.4, 0.5) is 17.1 Å². The molecule has 11 heteroatoms. The molecule has 0 bridgehead atoms. The lowest BCUT2D eigenvalue weighted by Crippen LogP contribution is -2.33. The highest BCUT2D eigenvalue weighted by atomic mass is 16.5. The van der Waals surface area contributed by atoms with Crippen molar-refractivity contribution in [2.75, 3.05) is 30.2 Å². The maximum Gasteiger partial charge on any atom is 0.329 e. The maximum absolute atomic E-state index is 12.3. The molecule has 0 aromatic heterocycles. The number of carbonyl (C=O) groups excluding carboxylic acids is 4. The second-order valence-electron chi connectivity index (χ2n) is 6.76. The third kappa shape index (κ3) is 7.65. The largest absolute Gasteiger partial charge is 0.497 e. The molecule has 2 aromatic rings. The van der Waals surface area contributed by atoms with E-state index >= 15 is 0 Å². The summed E-state index contributed by atoms with van der Waals surface area (Å²) in [6.07, 6.45) is -0.153. The van der Waals surface area contributed by atoms with Crippen molar-refractivity contribution in [3.05, 3.63) is 42.5 Å². The summed E-state index contributed by atoms with van der Waals surface area (Å²) in [6.45, 7) is 2.88. The van der Waals surface area contributed by atoms with Gasteiger partial charge in [0.15, 0.2) is 0 Å². The van der Waals surface area contributed by atoms with Crippen LogP contribution in [0, 0.1) is 0 Å².